The van der Waals surface area contributed by atoms with Crippen LogP contribution in [0.2, 0.25) is 0 Å². The lowest BCUT2D eigenvalue weighted by molar-refractivity contribution is -0.124. The second kappa shape index (κ2) is 9.45. The fourth-order valence-corrected chi connectivity index (χ4v) is 2.89. The number of nitrogens with one attached hydrogen (secondary N) is 1. The zero-order chi connectivity index (χ0) is 18.2. The maximum atomic E-state index is 11.6. The van der Waals surface area contributed by atoms with Crippen LogP contribution in [0.5, 0.6) is 5.75 Å². The van der Waals surface area contributed by atoms with Crippen molar-refractivity contribution >= 4 is 29.3 Å². The molecule has 0 fully saturated rings. The largest absolute Gasteiger partial charge is 0.497 e. The summed E-state index contributed by atoms with van der Waals surface area (Å²) in [6.07, 6.45) is 0. The summed E-state index contributed by atoms with van der Waals surface area (Å²) in [7, 11) is 3.07. The van der Waals surface area contributed by atoms with E-state index in [-0.39, 0.29) is 19.1 Å². The van der Waals surface area contributed by atoms with E-state index in [1.165, 1.54) is 18.9 Å². The number of halogens is 1. The molecule has 0 spiro atoms. The summed E-state index contributed by atoms with van der Waals surface area (Å²) < 4.78 is 11.8. The lowest BCUT2D eigenvalue weighted by atomic mass is 10.3. The molecular weight excluding hydrogens is 364 g/mol. The Hall–Kier alpha value is -2.03. The van der Waals surface area contributed by atoms with Gasteiger partial charge in [0.1, 0.15) is 12.4 Å². The highest BCUT2D eigenvalue weighted by Gasteiger charge is 2.15. The van der Waals surface area contributed by atoms with E-state index >= 15 is 0 Å². The number of rotatable bonds is 9. The quantitative estimate of drug-likeness (QED) is 0.671. The summed E-state index contributed by atoms with van der Waals surface area (Å²) in [5.74, 6) is 1.62. The number of amides is 1. The van der Waals surface area contributed by atoms with E-state index in [1.807, 2.05) is 28.8 Å². The van der Waals surface area contributed by atoms with Gasteiger partial charge in [0.25, 0.3) is 0 Å². The van der Waals surface area contributed by atoms with Crippen molar-refractivity contribution in [3.63, 3.8) is 0 Å². The Morgan fingerprint density at radius 1 is 1.32 bits per heavy atom. The predicted octanol–water partition coefficient (Wildman–Crippen LogP) is 2.38. The van der Waals surface area contributed by atoms with E-state index in [2.05, 4.69) is 22.1 Å². The fourth-order valence-electron chi connectivity index (χ4n) is 2.00. The molecule has 134 valence electrons. The molecule has 0 aliphatic rings. The monoisotopic (exact) mass is 382 g/mol. The third-order valence-electron chi connectivity index (χ3n) is 3.11. The molecule has 0 aliphatic heterocycles. The van der Waals surface area contributed by atoms with Crippen molar-refractivity contribution in [3.05, 3.63) is 41.7 Å². The number of methoxy groups -OCH3 is 2. The van der Waals surface area contributed by atoms with Gasteiger partial charge in [-0.25, -0.2) is 0 Å². The summed E-state index contributed by atoms with van der Waals surface area (Å²) in [6.45, 7) is 3.90. The van der Waals surface area contributed by atoms with Crippen molar-refractivity contribution in [1.29, 1.82) is 0 Å². The minimum Gasteiger partial charge on any atom is -0.497 e. The normalized spacial score (nSPS) is 10.5. The minimum absolute atomic E-state index is 0.00957. The maximum Gasteiger partial charge on any atom is 0.246 e. The van der Waals surface area contributed by atoms with Gasteiger partial charge in [-0.15, -0.1) is 10.2 Å². The second-order valence-electron chi connectivity index (χ2n) is 4.95. The average molecular weight is 383 g/mol. The molecule has 0 bridgehead atoms. The molecule has 1 aromatic heterocycles. The van der Waals surface area contributed by atoms with Crippen molar-refractivity contribution in [1.82, 2.24) is 20.1 Å². The van der Waals surface area contributed by atoms with Gasteiger partial charge in [0.05, 0.1) is 13.7 Å². The third kappa shape index (κ3) is 5.48. The van der Waals surface area contributed by atoms with Gasteiger partial charge in [-0.05, 0) is 24.3 Å². The van der Waals surface area contributed by atoms with Crippen LogP contribution in [0, 0.1) is 0 Å². The van der Waals surface area contributed by atoms with Crippen LogP contribution in [0.25, 0.3) is 5.69 Å². The first-order valence-electron chi connectivity index (χ1n) is 7.35. The zero-order valence-electron chi connectivity index (χ0n) is 14.0. The van der Waals surface area contributed by atoms with Gasteiger partial charge >= 0.3 is 0 Å². The minimum atomic E-state index is -0.227. The summed E-state index contributed by atoms with van der Waals surface area (Å²) in [6, 6.07) is 7.47. The molecule has 0 saturated carbocycles. The molecular formula is C16H19ClN4O3S. The van der Waals surface area contributed by atoms with E-state index in [0.29, 0.717) is 21.8 Å². The highest BCUT2D eigenvalue weighted by molar-refractivity contribution is 7.99. The van der Waals surface area contributed by atoms with Gasteiger partial charge in [-0.1, -0.05) is 29.9 Å². The van der Waals surface area contributed by atoms with Gasteiger partial charge in [0, 0.05) is 23.6 Å². The van der Waals surface area contributed by atoms with Crippen LogP contribution >= 0.6 is 23.4 Å². The van der Waals surface area contributed by atoms with Gasteiger partial charge in [0.2, 0.25) is 5.91 Å². The molecule has 2 rings (SSSR count). The van der Waals surface area contributed by atoms with Gasteiger partial charge < -0.3 is 14.8 Å². The van der Waals surface area contributed by atoms with E-state index in [0.717, 1.165) is 11.4 Å². The number of carbonyl (C=O) groups excluding carboxylic acids is 1. The van der Waals surface area contributed by atoms with Gasteiger partial charge in [-0.3, -0.25) is 9.36 Å². The number of nitrogens with zero attached hydrogens (tertiary/aromatic N) is 3. The molecule has 1 heterocycles. The van der Waals surface area contributed by atoms with Crippen LogP contribution in [0.4, 0.5) is 0 Å². The number of ether oxygens (including phenoxy) is 2. The molecule has 0 radical (unpaired) electrons. The molecule has 1 amide bonds. The van der Waals surface area contributed by atoms with Crippen molar-refractivity contribution in [2.45, 2.75) is 11.7 Å². The van der Waals surface area contributed by atoms with E-state index < -0.39 is 0 Å². The molecule has 1 N–H and O–H groups in total. The molecule has 2 aromatic rings. The predicted molar refractivity (Wildman–Crippen MR) is 97.4 cm³/mol. The highest BCUT2D eigenvalue weighted by Crippen LogP contribution is 2.25. The molecule has 9 heteroatoms. The van der Waals surface area contributed by atoms with Crippen molar-refractivity contribution in [2.24, 2.45) is 0 Å². The lowest BCUT2D eigenvalue weighted by Gasteiger charge is -2.11. The summed E-state index contributed by atoms with van der Waals surface area (Å²) in [5.41, 5.74) is 0.851. The summed E-state index contributed by atoms with van der Waals surface area (Å²) >= 11 is 7.26. The summed E-state index contributed by atoms with van der Waals surface area (Å²) in [5, 5.41) is 12.3. The Bertz CT molecular complexity index is 733. The van der Waals surface area contributed by atoms with Gasteiger partial charge in [0.15, 0.2) is 11.0 Å². The zero-order valence-corrected chi connectivity index (χ0v) is 15.6. The Morgan fingerprint density at radius 2 is 2.04 bits per heavy atom. The Balaban J connectivity index is 2.28. The smallest absolute Gasteiger partial charge is 0.246 e. The first-order valence-corrected chi connectivity index (χ1v) is 8.72. The third-order valence-corrected chi connectivity index (χ3v) is 4.42. The van der Waals surface area contributed by atoms with Crippen molar-refractivity contribution in [3.8, 4) is 11.4 Å². The topological polar surface area (TPSA) is 78.3 Å². The van der Waals surface area contributed by atoms with Crippen LogP contribution < -0.4 is 10.1 Å². The molecule has 25 heavy (non-hydrogen) atoms. The number of carbonyl (C=O) groups is 1. The number of thioether (sulfide) groups is 1. The van der Waals surface area contributed by atoms with Crippen molar-refractivity contribution in [2.75, 3.05) is 26.6 Å². The average Bonchev–Trinajstić information content (AvgIpc) is 3.01. The Labute approximate surface area is 155 Å². The maximum absolute atomic E-state index is 11.6. The first kappa shape index (κ1) is 19.3. The number of aromatic nitrogens is 3. The molecule has 0 saturated heterocycles. The van der Waals surface area contributed by atoms with Crippen LogP contribution in [-0.2, 0) is 16.1 Å². The van der Waals surface area contributed by atoms with Crippen LogP contribution in [0.3, 0.4) is 0 Å². The van der Waals surface area contributed by atoms with Crippen molar-refractivity contribution < 1.29 is 14.3 Å². The SMILES string of the molecule is C=C(Cl)CSc1nnc(CNC(=O)COC)n1-c1ccc(OC)cc1. The standard InChI is InChI=1S/C16H19ClN4O3S/c1-11(17)10-25-16-20-19-14(8-18-15(22)9-23-2)21(16)12-4-6-13(24-3)7-5-12/h4-7H,1,8-10H2,2-3H3,(H,18,22). The molecule has 1 aromatic carbocycles. The van der Waals surface area contributed by atoms with E-state index in [9.17, 15) is 4.79 Å². The first-order chi connectivity index (χ1) is 12.0. The highest BCUT2D eigenvalue weighted by atomic mass is 35.5. The van der Waals surface area contributed by atoms with E-state index in [1.54, 1.807) is 7.11 Å². The fraction of sp³-hybridized carbons (Fsp3) is 0.312. The second-order valence-corrected chi connectivity index (χ2v) is 6.42. The van der Waals surface area contributed by atoms with Crippen LogP contribution in [0.15, 0.2) is 41.0 Å². The van der Waals surface area contributed by atoms with Crippen LogP contribution in [0.1, 0.15) is 5.82 Å². The molecule has 0 aliphatic carbocycles. The number of hydrogen-bond acceptors (Lipinski definition) is 6. The molecule has 0 unspecified atom stereocenters. The number of benzene rings is 1. The molecule has 0 atom stereocenters. The number of hydrogen-bond donors (Lipinski definition) is 1. The van der Waals surface area contributed by atoms with E-state index in [4.69, 9.17) is 21.1 Å². The Kier molecular flexibility index (Phi) is 7.30. The van der Waals surface area contributed by atoms with Crippen LogP contribution in [-0.4, -0.2) is 47.3 Å². The Morgan fingerprint density at radius 3 is 2.64 bits per heavy atom. The summed E-state index contributed by atoms with van der Waals surface area (Å²) in [4.78, 5) is 11.6. The van der Waals surface area contributed by atoms with Gasteiger partial charge in [-0.2, -0.15) is 0 Å². The lowest BCUT2D eigenvalue weighted by Crippen LogP contribution is -2.27. The molecule has 7 nitrogen and oxygen atoms in total.